The Hall–Kier alpha value is -1.79. The van der Waals surface area contributed by atoms with Crippen LogP contribution >= 0.6 is 11.8 Å². The lowest BCUT2D eigenvalue weighted by Crippen LogP contribution is -2.44. The number of aromatic nitrogens is 2. The van der Waals surface area contributed by atoms with Crippen molar-refractivity contribution in [1.29, 1.82) is 0 Å². The molecule has 2 aliphatic rings. The molecule has 5 nitrogen and oxygen atoms in total. The molecular weight excluding hydrogens is 282 g/mol. The van der Waals surface area contributed by atoms with E-state index in [9.17, 15) is 0 Å². The summed E-state index contributed by atoms with van der Waals surface area (Å²) in [5, 5.41) is 12.1. The molecular formula is C15H17N5S. The van der Waals surface area contributed by atoms with Crippen LogP contribution in [-0.2, 0) is 0 Å². The van der Waals surface area contributed by atoms with E-state index in [1.165, 1.54) is 4.90 Å². The van der Waals surface area contributed by atoms with Crippen LogP contribution in [0.4, 0.5) is 17.3 Å². The summed E-state index contributed by atoms with van der Waals surface area (Å²) in [6, 6.07) is 10.5. The van der Waals surface area contributed by atoms with Crippen LogP contribution in [0.5, 0.6) is 0 Å². The highest BCUT2D eigenvalue weighted by atomic mass is 32.2. The molecule has 0 atom stereocenters. The van der Waals surface area contributed by atoms with E-state index < -0.39 is 0 Å². The van der Waals surface area contributed by atoms with Crippen molar-refractivity contribution in [2.24, 2.45) is 0 Å². The van der Waals surface area contributed by atoms with E-state index in [-0.39, 0.29) is 0 Å². The Balaban J connectivity index is 1.61. The predicted octanol–water partition coefficient (Wildman–Crippen LogP) is 2.44. The van der Waals surface area contributed by atoms with E-state index >= 15 is 0 Å². The fourth-order valence-corrected chi connectivity index (χ4v) is 3.59. The Morgan fingerprint density at radius 1 is 1.05 bits per heavy atom. The third-order valence-electron chi connectivity index (χ3n) is 3.93. The zero-order chi connectivity index (χ0) is 14.2. The Morgan fingerprint density at radius 3 is 2.71 bits per heavy atom. The van der Waals surface area contributed by atoms with E-state index in [4.69, 9.17) is 0 Å². The summed E-state index contributed by atoms with van der Waals surface area (Å²) in [6.07, 6.45) is 0. The van der Waals surface area contributed by atoms with Gasteiger partial charge in [0, 0.05) is 37.1 Å². The van der Waals surface area contributed by atoms with Crippen molar-refractivity contribution in [1.82, 2.24) is 15.1 Å². The number of hydrogen-bond donors (Lipinski definition) is 1. The number of para-hydroxylation sites is 1. The molecule has 4 rings (SSSR count). The molecule has 2 aromatic rings. The Labute approximate surface area is 128 Å². The van der Waals surface area contributed by atoms with Gasteiger partial charge in [0.1, 0.15) is 0 Å². The van der Waals surface area contributed by atoms with Gasteiger partial charge in [-0.25, -0.2) is 0 Å². The molecule has 6 heteroatoms. The van der Waals surface area contributed by atoms with Gasteiger partial charge in [-0.3, -0.25) is 0 Å². The molecule has 0 aliphatic carbocycles. The van der Waals surface area contributed by atoms with Crippen LogP contribution in [0.3, 0.4) is 0 Å². The van der Waals surface area contributed by atoms with Gasteiger partial charge < -0.3 is 15.1 Å². The minimum absolute atomic E-state index is 0.858. The van der Waals surface area contributed by atoms with E-state index in [1.807, 2.05) is 6.07 Å². The largest absolute Gasteiger partial charge is 0.353 e. The maximum atomic E-state index is 4.40. The Bertz CT molecular complexity index is 667. The normalized spacial score (nSPS) is 17.9. The molecule has 21 heavy (non-hydrogen) atoms. The van der Waals surface area contributed by atoms with Crippen LogP contribution in [0, 0.1) is 0 Å². The highest BCUT2D eigenvalue weighted by Crippen LogP contribution is 2.43. The first-order valence-corrected chi connectivity index (χ1v) is 7.96. The number of hydrogen-bond acceptors (Lipinski definition) is 6. The summed E-state index contributed by atoms with van der Waals surface area (Å²) < 4.78 is 0. The second kappa shape index (κ2) is 5.20. The van der Waals surface area contributed by atoms with Crippen molar-refractivity contribution >= 4 is 29.1 Å². The second-order valence-electron chi connectivity index (χ2n) is 5.43. The highest BCUT2D eigenvalue weighted by Gasteiger charge is 2.21. The summed E-state index contributed by atoms with van der Waals surface area (Å²) in [7, 11) is 2.16. The number of anilines is 3. The lowest BCUT2D eigenvalue weighted by Gasteiger charge is -2.33. The molecule has 3 heterocycles. The molecule has 0 amide bonds. The minimum Gasteiger partial charge on any atom is -0.353 e. The van der Waals surface area contributed by atoms with Crippen molar-refractivity contribution < 1.29 is 0 Å². The number of nitrogens with zero attached hydrogens (tertiary/aromatic N) is 4. The molecule has 2 aliphatic heterocycles. The number of benzene rings is 1. The van der Waals surface area contributed by atoms with E-state index in [1.54, 1.807) is 11.8 Å². The molecule has 1 aromatic carbocycles. The first kappa shape index (κ1) is 12.9. The van der Waals surface area contributed by atoms with E-state index in [0.717, 1.165) is 48.4 Å². The lowest BCUT2D eigenvalue weighted by molar-refractivity contribution is 0.311. The number of rotatable bonds is 1. The molecule has 108 valence electrons. The minimum atomic E-state index is 0.858. The van der Waals surface area contributed by atoms with Gasteiger partial charge in [0.25, 0.3) is 0 Å². The van der Waals surface area contributed by atoms with Crippen LogP contribution in [-0.4, -0.2) is 48.3 Å². The van der Waals surface area contributed by atoms with Gasteiger partial charge in [0.05, 0.1) is 10.6 Å². The van der Waals surface area contributed by atoms with Gasteiger partial charge in [-0.1, -0.05) is 23.9 Å². The Morgan fingerprint density at radius 2 is 1.86 bits per heavy atom. The number of nitrogens with one attached hydrogen (secondary N) is 1. The Kier molecular flexibility index (Phi) is 3.20. The molecule has 1 aromatic heterocycles. The first-order chi connectivity index (χ1) is 10.3. The van der Waals surface area contributed by atoms with E-state index in [0.29, 0.717) is 0 Å². The van der Waals surface area contributed by atoms with Crippen LogP contribution < -0.4 is 10.2 Å². The number of likely N-dealkylation sites (N-methyl/N-ethyl adjacent to an activating group) is 1. The van der Waals surface area contributed by atoms with Crippen molar-refractivity contribution in [3.05, 3.63) is 30.3 Å². The van der Waals surface area contributed by atoms with Gasteiger partial charge in [-0.05, 0) is 19.2 Å². The van der Waals surface area contributed by atoms with Crippen molar-refractivity contribution in [3.8, 4) is 0 Å². The molecule has 0 saturated carbocycles. The van der Waals surface area contributed by atoms with Crippen LogP contribution in [0.1, 0.15) is 0 Å². The zero-order valence-electron chi connectivity index (χ0n) is 11.9. The fraction of sp³-hybridized carbons (Fsp3) is 0.333. The van der Waals surface area contributed by atoms with E-state index in [2.05, 4.69) is 56.6 Å². The average molecular weight is 299 g/mol. The topological polar surface area (TPSA) is 44.3 Å². The molecule has 1 N–H and O–H groups in total. The second-order valence-corrected chi connectivity index (χ2v) is 6.51. The summed E-state index contributed by atoms with van der Waals surface area (Å²) in [6.45, 7) is 4.18. The summed E-state index contributed by atoms with van der Waals surface area (Å²) in [5.41, 5.74) is 1.11. The molecule has 0 radical (unpaired) electrons. The maximum absolute atomic E-state index is 4.40. The standard InChI is InChI=1S/C15H17N5S/c1-19-6-8-20(9-7-19)14-10-13-15(18-17-14)16-11-4-2-3-5-12(11)21-13/h2-5,10H,6-9H2,1H3,(H,16,18). The highest BCUT2D eigenvalue weighted by molar-refractivity contribution is 7.99. The average Bonchev–Trinajstić information content (AvgIpc) is 2.53. The molecule has 0 spiro atoms. The summed E-state index contributed by atoms with van der Waals surface area (Å²) in [4.78, 5) is 7.04. The molecule has 1 fully saturated rings. The lowest BCUT2D eigenvalue weighted by atomic mass is 10.3. The third-order valence-corrected chi connectivity index (χ3v) is 5.04. The van der Waals surface area contributed by atoms with Crippen LogP contribution in [0.15, 0.2) is 40.1 Å². The number of fused-ring (bicyclic) bond motifs is 2. The van der Waals surface area contributed by atoms with Crippen LogP contribution in [0.25, 0.3) is 0 Å². The molecule has 0 bridgehead atoms. The summed E-state index contributed by atoms with van der Waals surface area (Å²) >= 11 is 1.76. The number of piperazine rings is 1. The van der Waals surface area contributed by atoms with Gasteiger partial charge >= 0.3 is 0 Å². The van der Waals surface area contributed by atoms with Gasteiger partial charge in [-0.2, -0.15) is 0 Å². The zero-order valence-corrected chi connectivity index (χ0v) is 12.7. The molecule has 0 unspecified atom stereocenters. The van der Waals surface area contributed by atoms with Gasteiger partial charge in [0.15, 0.2) is 11.6 Å². The van der Waals surface area contributed by atoms with Gasteiger partial charge in [0.2, 0.25) is 0 Å². The fourth-order valence-electron chi connectivity index (χ4n) is 2.62. The van der Waals surface area contributed by atoms with Crippen molar-refractivity contribution in [2.75, 3.05) is 43.4 Å². The van der Waals surface area contributed by atoms with Crippen molar-refractivity contribution in [2.45, 2.75) is 9.79 Å². The van der Waals surface area contributed by atoms with Crippen LogP contribution in [0.2, 0.25) is 0 Å². The monoisotopic (exact) mass is 299 g/mol. The quantitative estimate of drug-likeness (QED) is 0.744. The maximum Gasteiger partial charge on any atom is 0.167 e. The predicted molar refractivity (Wildman–Crippen MR) is 85.6 cm³/mol. The summed E-state index contributed by atoms with van der Waals surface area (Å²) in [5.74, 6) is 1.84. The first-order valence-electron chi connectivity index (χ1n) is 7.15. The van der Waals surface area contributed by atoms with Gasteiger partial charge in [-0.15, -0.1) is 10.2 Å². The third kappa shape index (κ3) is 2.45. The van der Waals surface area contributed by atoms with Crippen molar-refractivity contribution in [3.63, 3.8) is 0 Å². The smallest absolute Gasteiger partial charge is 0.167 e. The molecule has 1 saturated heterocycles. The SMILES string of the molecule is CN1CCN(c2cc3c(nn2)Nc2ccccc2S3)CC1.